The van der Waals surface area contributed by atoms with Gasteiger partial charge in [-0.2, -0.15) is 0 Å². The van der Waals surface area contributed by atoms with Crippen molar-refractivity contribution in [3.8, 4) is 0 Å². The third kappa shape index (κ3) is 1.09. The van der Waals surface area contributed by atoms with Crippen molar-refractivity contribution in [1.82, 2.24) is 4.57 Å². The van der Waals surface area contributed by atoms with E-state index in [1.165, 1.54) is 5.56 Å². The van der Waals surface area contributed by atoms with Crippen LogP contribution in [0.25, 0.3) is 15.7 Å². The molecular formula is C11H10N2. The van der Waals surface area contributed by atoms with Crippen molar-refractivity contribution in [1.29, 1.82) is 0 Å². The number of hydrogen-bond donors (Lipinski definition) is 0. The predicted octanol–water partition coefficient (Wildman–Crippen LogP) is 3.04. The zero-order valence-corrected chi connectivity index (χ0v) is 7.70. The highest BCUT2D eigenvalue weighted by atomic mass is 14.9. The van der Waals surface area contributed by atoms with E-state index < -0.39 is 0 Å². The Labute approximate surface area is 77.2 Å². The van der Waals surface area contributed by atoms with E-state index in [0.29, 0.717) is 0 Å². The smallest absolute Gasteiger partial charge is 0.212 e. The molecule has 1 heterocycles. The van der Waals surface area contributed by atoms with Crippen LogP contribution in [0.3, 0.4) is 0 Å². The van der Waals surface area contributed by atoms with Crippen LogP contribution >= 0.6 is 0 Å². The molecule has 2 aromatic rings. The zero-order valence-electron chi connectivity index (χ0n) is 7.70. The summed E-state index contributed by atoms with van der Waals surface area (Å²) in [6.45, 7) is 9.06. The minimum Gasteiger partial charge on any atom is -0.362 e. The van der Waals surface area contributed by atoms with E-state index in [9.17, 15) is 0 Å². The van der Waals surface area contributed by atoms with E-state index >= 15 is 0 Å². The van der Waals surface area contributed by atoms with E-state index in [4.69, 9.17) is 6.57 Å². The Balaban J connectivity index is 2.90. The van der Waals surface area contributed by atoms with Gasteiger partial charge in [0, 0.05) is 24.1 Å². The molecule has 0 fully saturated rings. The van der Waals surface area contributed by atoms with Gasteiger partial charge in [0.15, 0.2) is 0 Å². The predicted molar refractivity (Wildman–Crippen MR) is 53.9 cm³/mol. The summed E-state index contributed by atoms with van der Waals surface area (Å²) in [7, 11) is 1.97. The molecule has 2 heteroatoms. The summed E-state index contributed by atoms with van der Waals surface area (Å²) >= 11 is 0. The van der Waals surface area contributed by atoms with Crippen LogP contribution in [-0.4, -0.2) is 4.57 Å². The zero-order chi connectivity index (χ0) is 9.42. The van der Waals surface area contributed by atoms with E-state index in [1.807, 2.05) is 29.9 Å². The fourth-order valence-corrected chi connectivity index (χ4v) is 1.56. The highest BCUT2D eigenvalue weighted by Crippen LogP contribution is 2.28. The van der Waals surface area contributed by atoms with Gasteiger partial charge >= 0.3 is 0 Å². The molecule has 0 spiro atoms. The standard InChI is InChI=1S/C11H10N2/c1-8-4-5-9-10(12-2)7-13(3)11(9)6-8/h4-7H,1,3H3. The maximum absolute atomic E-state index is 7.00. The molecule has 2 rings (SSSR count). The Kier molecular flexibility index (Phi) is 1.60. The van der Waals surface area contributed by atoms with E-state index in [1.54, 1.807) is 0 Å². The fourth-order valence-electron chi connectivity index (χ4n) is 1.56. The lowest BCUT2D eigenvalue weighted by molar-refractivity contribution is 0.970. The summed E-state index contributed by atoms with van der Waals surface area (Å²) in [5.74, 6) is 0. The molecule has 0 aliphatic rings. The Morgan fingerprint density at radius 2 is 2.15 bits per heavy atom. The molecule has 0 aliphatic carbocycles. The van der Waals surface area contributed by atoms with Gasteiger partial charge in [-0.05, 0) is 18.6 Å². The molecule has 0 radical (unpaired) electrons. The average Bonchev–Trinajstić information content (AvgIpc) is 2.43. The van der Waals surface area contributed by atoms with E-state index in [0.717, 1.165) is 16.6 Å². The van der Waals surface area contributed by atoms with E-state index in [-0.39, 0.29) is 0 Å². The number of rotatable bonds is 0. The quantitative estimate of drug-likeness (QED) is 0.537. The maximum Gasteiger partial charge on any atom is 0.212 e. The second-order valence-electron chi connectivity index (χ2n) is 3.26. The van der Waals surface area contributed by atoms with Crippen molar-refractivity contribution in [2.75, 3.05) is 0 Å². The normalized spacial score (nSPS) is 10.2. The molecule has 64 valence electrons. The van der Waals surface area contributed by atoms with Gasteiger partial charge in [-0.3, -0.25) is 0 Å². The Bertz CT molecular complexity index is 501. The van der Waals surface area contributed by atoms with Crippen LogP contribution in [0.15, 0.2) is 24.4 Å². The van der Waals surface area contributed by atoms with Crippen molar-refractivity contribution in [3.05, 3.63) is 41.4 Å². The van der Waals surface area contributed by atoms with Crippen molar-refractivity contribution in [2.24, 2.45) is 7.05 Å². The summed E-state index contributed by atoms with van der Waals surface area (Å²) in [6.07, 6.45) is 1.87. The second kappa shape index (κ2) is 2.63. The van der Waals surface area contributed by atoms with Gasteiger partial charge < -0.3 is 4.57 Å². The molecule has 1 aromatic carbocycles. The number of aryl methyl sites for hydroxylation is 2. The van der Waals surface area contributed by atoms with Gasteiger partial charge in [0.05, 0.1) is 6.57 Å². The monoisotopic (exact) mass is 170 g/mol. The topological polar surface area (TPSA) is 9.29 Å². The third-order valence-electron chi connectivity index (χ3n) is 2.25. The SMILES string of the molecule is [C-]#[N+]c1cn(C)c2cc(C)ccc12. The molecule has 0 atom stereocenters. The first-order valence-electron chi connectivity index (χ1n) is 4.15. The van der Waals surface area contributed by atoms with Crippen molar-refractivity contribution in [2.45, 2.75) is 6.92 Å². The lowest BCUT2D eigenvalue weighted by atomic mass is 10.2. The van der Waals surface area contributed by atoms with Crippen LogP contribution < -0.4 is 0 Å². The minimum absolute atomic E-state index is 0.734. The first-order chi connectivity index (χ1) is 6.22. The number of benzene rings is 1. The second-order valence-corrected chi connectivity index (χ2v) is 3.26. The molecule has 0 bridgehead atoms. The molecule has 0 amide bonds. The Morgan fingerprint density at radius 1 is 1.38 bits per heavy atom. The lowest BCUT2D eigenvalue weighted by Gasteiger charge is -1.97. The summed E-state index contributed by atoms with van der Waals surface area (Å²) in [5, 5.41) is 1.04. The lowest BCUT2D eigenvalue weighted by Crippen LogP contribution is -1.83. The highest BCUT2D eigenvalue weighted by molar-refractivity contribution is 5.93. The highest BCUT2D eigenvalue weighted by Gasteiger charge is 2.04. The molecule has 0 saturated carbocycles. The maximum atomic E-state index is 7.00. The van der Waals surface area contributed by atoms with Gasteiger partial charge in [-0.1, -0.05) is 12.1 Å². The Hall–Kier alpha value is -1.75. The summed E-state index contributed by atoms with van der Waals surface area (Å²) < 4.78 is 2.00. The molecular weight excluding hydrogens is 160 g/mol. The number of aromatic nitrogens is 1. The van der Waals surface area contributed by atoms with Gasteiger partial charge in [0.1, 0.15) is 0 Å². The molecule has 13 heavy (non-hydrogen) atoms. The Morgan fingerprint density at radius 3 is 2.85 bits per heavy atom. The van der Waals surface area contributed by atoms with Crippen molar-refractivity contribution >= 4 is 16.6 Å². The minimum atomic E-state index is 0.734. The average molecular weight is 170 g/mol. The molecule has 0 saturated heterocycles. The van der Waals surface area contributed by atoms with Crippen LogP contribution in [0.4, 0.5) is 5.69 Å². The van der Waals surface area contributed by atoms with Gasteiger partial charge in [-0.15, -0.1) is 0 Å². The fraction of sp³-hybridized carbons (Fsp3) is 0.182. The summed E-state index contributed by atoms with van der Waals surface area (Å²) in [5.41, 5.74) is 3.09. The van der Waals surface area contributed by atoms with Crippen molar-refractivity contribution in [3.63, 3.8) is 0 Å². The number of fused-ring (bicyclic) bond motifs is 1. The van der Waals surface area contributed by atoms with E-state index in [2.05, 4.69) is 17.8 Å². The first kappa shape index (κ1) is 7.88. The summed E-state index contributed by atoms with van der Waals surface area (Å²) in [4.78, 5) is 3.48. The van der Waals surface area contributed by atoms with Crippen LogP contribution in [0, 0.1) is 13.5 Å². The number of hydrogen-bond acceptors (Lipinski definition) is 0. The molecule has 1 aromatic heterocycles. The van der Waals surface area contributed by atoms with Gasteiger partial charge in [-0.25, -0.2) is 4.85 Å². The van der Waals surface area contributed by atoms with Crippen molar-refractivity contribution < 1.29 is 0 Å². The first-order valence-corrected chi connectivity index (χ1v) is 4.15. The number of nitrogens with zero attached hydrogens (tertiary/aromatic N) is 2. The molecule has 0 aliphatic heterocycles. The summed E-state index contributed by atoms with van der Waals surface area (Å²) in [6, 6.07) is 6.15. The largest absolute Gasteiger partial charge is 0.362 e. The molecule has 2 nitrogen and oxygen atoms in total. The van der Waals surface area contributed by atoms with Gasteiger partial charge in [0.2, 0.25) is 5.69 Å². The molecule has 0 unspecified atom stereocenters. The van der Waals surface area contributed by atoms with Crippen LogP contribution in [0.5, 0.6) is 0 Å². The van der Waals surface area contributed by atoms with Crippen LogP contribution in [0.2, 0.25) is 0 Å². The third-order valence-corrected chi connectivity index (χ3v) is 2.25. The molecule has 0 N–H and O–H groups in total. The van der Waals surface area contributed by atoms with Crippen LogP contribution in [-0.2, 0) is 7.05 Å². The van der Waals surface area contributed by atoms with Crippen LogP contribution in [0.1, 0.15) is 5.56 Å². The van der Waals surface area contributed by atoms with Gasteiger partial charge in [0.25, 0.3) is 0 Å².